The van der Waals surface area contributed by atoms with Gasteiger partial charge in [-0.2, -0.15) is 0 Å². The van der Waals surface area contributed by atoms with Crippen molar-refractivity contribution in [3.8, 4) is 33.8 Å². The van der Waals surface area contributed by atoms with Crippen LogP contribution in [0.1, 0.15) is 86.2 Å². The van der Waals surface area contributed by atoms with Gasteiger partial charge in [-0.15, -0.1) is 0 Å². The Balaban J connectivity index is 1.36. The molecule has 3 aliphatic rings. The molecule has 6 heterocycles. The average Bonchev–Trinajstić information content (AvgIpc) is 3.88. The maximum absolute atomic E-state index is 5.52. The first-order valence-corrected chi connectivity index (χ1v) is 19.1. The third kappa shape index (κ3) is 4.92. The van der Waals surface area contributed by atoms with E-state index in [4.69, 9.17) is 15.0 Å². The fourth-order valence-corrected chi connectivity index (χ4v) is 8.64. The van der Waals surface area contributed by atoms with Crippen molar-refractivity contribution in [3.05, 3.63) is 160 Å². The molecule has 4 nitrogen and oxygen atoms in total. The van der Waals surface area contributed by atoms with Gasteiger partial charge < -0.3 is 4.57 Å². The Morgan fingerprint density at radius 1 is 0.556 bits per heavy atom. The zero-order valence-electron chi connectivity index (χ0n) is 32.4. The molecule has 4 heteroatoms. The number of hydrogen-bond donors (Lipinski definition) is 0. The van der Waals surface area contributed by atoms with E-state index < -0.39 is 0 Å². The molecule has 264 valence electrons. The molecule has 4 aromatic carbocycles. The first-order valence-electron chi connectivity index (χ1n) is 19.1. The SMILES string of the molecule is Cc1ccccc1C1=C2C=CC(=N2)c2cc(C(C)(C)C)cc(c2C)-c2ccc3ccc4ccc(nc4c3n2)-c2cc(C(C)(C)C)cc3c2Cn2c1ccc2-3. The quantitative estimate of drug-likeness (QED) is 0.160. The third-order valence-corrected chi connectivity index (χ3v) is 11.9. The number of benzene rings is 4. The van der Waals surface area contributed by atoms with Gasteiger partial charge in [0.05, 0.1) is 39.5 Å². The second-order valence-corrected chi connectivity index (χ2v) is 17.4. The summed E-state index contributed by atoms with van der Waals surface area (Å²) in [7, 11) is 0. The van der Waals surface area contributed by atoms with Gasteiger partial charge in [0.25, 0.3) is 0 Å². The summed E-state index contributed by atoms with van der Waals surface area (Å²) in [5.41, 5.74) is 21.4. The van der Waals surface area contributed by atoms with Crippen LogP contribution in [0.15, 0.2) is 120 Å². The topological polar surface area (TPSA) is 43.1 Å². The van der Waals surface area contributed by atoms with Crippen molar-refractivity contribution in [2.75, 3.05) is 0 Å². The molecule has 0 aliphatic carbocycles. The molecule has 0 radical (unpaired) electrons. The molecule has 0 saturated heterocycles. The predicted octanol–water partition coefficient (Wildman–Crippen LogP) is 12.3. The summed E-state index contributed by atoms with van der Waals surface area (Å²) in [6.45, 7) is 18.9. The molecule has 0 spiro atoms. The number of allylic oxidation sites excluding steroid dienone is 2. The monoisotopic (exact) mass is 700 g/mol. The Kier molecular flexibility index (Phi) is 6.87. The van der Waals surface area contributed by atoms with Crippen LogP contribution in [0.3, 0.4) is 0 Å². The van der Waals surface area contributed by atoms with E-state index in [-0.39, 0.29) is 10.8 Å². The molecule has 0 atom stereocenters. The number of fused-ring (bicyclic) bond motifs is 9. The molecule has 3 aliphatic heterocycles. The van der Waals surface area contributed by atoms with Gasteiger partial charge in [0.1, 0.15) is 0 Å². The van der Waals surface area contributed by atoms with Gasteiger partial charge in [-0.25, -0.2) is 15.0 Å². The highest BCUT2D eigenvalue weighted by Gasteiger charge is 2.31. The first kappa shape index (κ1) is 32.8. The molecule has 54 heavy (non-hydrogen) atoms. The number of aromatic nitrogens is 3. The molecular formula is C50H44N4. The minimum Gasteiger partial charge on any atom is -0.336 e. The Morgan fingerprint density at radius 3 is 1.80 bits per heavy atom. The smallest absolute Gasteiger partial charge is 0.0972 e. The lowest BCUT2D eigenvalue weighted by molar-refractivity contribution is 0.590. The molecule has 7 aromatic rings. The normalized spacial score (nSPS) is 14.6. The Bertz CT molecular complexity index is 2880. The summed E-state index contributed by atoms with van der Waals surface area (Å²) in [6.07, 6.45) is 4.43. The van der Waals surface area contributed by atoms with Crippen LogP contribution < -0.4 is 0 Å². The lowest BCUT2D eigenvalue weighted by atomic mass is 9.82. The fourth-order valence-electron chi connectivity index (χ4n) is 8.64. The number of hydrogen-bond acceptors (Lipinski definition) is 3. The summed E-state index contributed by atoms with van der Waals surface area (Å²) in [6, 6.07) is 36.0. The largest absolute Gasteiger partial charge is 0.336 e. The van der Waals surface area contributed by atoms with Crippen molar-refractivity contribution in [2.45, 2.75) is 72.8 Å². The minimum absolute atomic E-state index is 0.0482. The van der Waals surface area contributed by atoms with E-state index in [9.17, 15) is 0 Å². The lowest BCUT2D eigenvalue weighted by Gasteiger charge is -2.23. The molecule has 0 saturated carbocycles. The molecule has 10 rings (SSSR count). The van der Waals surface area contributed by atoms with Gasteiger partial charge in [-0.1, -0.05) is 90.1 Å². The van der Waals surface area contributed by atoms with Crippen LogP contribution in [0.5, 0.6) is 0 Å². The molecule has 3 aromatic heterocycles. The maximum atomic E-state index is 5.52. The van der Waals surface area contributed by atoms with Gasteiger partial charge in [0, 0.05) is 50.8 Å². The summed E-state index contributed by atoms with van der Waals surface area (Å²) in [5, 5.41) is 2.18. The van der Waals surface area contributed by atoms with Crippen molar-refractivity contribution in [1.29, 1.82) is 0 Å². The van der Waals surface area contributed by atoms with Gasteiger partial charge in [0.2, 0.25) is 0 Å². The van der Waals surface area contributed by atoms with Crippen LogP contribution in [0.2, 0.25) is 0 Å². The van der Waals surface area contributed by atoms with E-state index in [0.717, 1.165) is 67.8 Å². The molecule has 0 N–H and O–H groups in total. The van der Waals surface area contributed by atoms with Crippen LogP contribution >= 0.6 is 0 Å². The molecular weight excluding hydrogens is 657 g/mol. The van der Waals surface area contributed by atoms with Crippen LogP contribution in [-0.4, -0.2) is 20.2 Å². The van der Waals surface area contributed by atoms with Gasteiger partial charge >= 0.3 is 0 Å². The molecule has 0 amide bonds. The van der Waals surface area contributed by atoms with Crippen molar-refractivity contribution < 1.29 is 0 Å². The highest BCUT2D eigenvalue weighted by atomic mass is 15.0. The summed E-state index contributed by atoms with van der Waals surface area (Å²) >= 11 is 0. The summed E-state index contributed by atoms with van der Waals surface area (Å²) in [5.74, 6) is 0. The van der Waals surface area contributed by atoms with Gasteiger partial charge in [0.15, 0.2) is 0 Å². The van der Waals surface area contributed by atoms with Crippen molar-refractivity contribution in [2.24, 2.45) is 4.99 Å². The number of nitrogens with zero attached hydrogens (tertiary/aromatic N) is 4. The first-order chi connectivity index (χ1) is 25.8. The Labute approximate surface area is 317 Å². The van der Waals surface area contributed by atoms with Crippen molar-refractivity contribution in [3.63, 3.8) is 0 Å². The summed E-state index contributed by atoms with van der Waals surface area (Å²) < 4.78 is 2.51. The number of aliphatic imine (C=N–C) groups is 1. The predicted molar refractivity (Wildman–Crippen MR) is 225 cm³/mol. The third-order valence-electron chi connectivity index (χ3n) is 11.9. The molecule has 0 fully saturated rings. The highest BCUT2D eigenvalue weighted by Crippen LogP contribution is 2.46. The van der Waals surface area contributed by atoms with E-state index >= 15 is 0 Å². The Hall–Kier alpha value is -5.87. The van der Waals surface area contributed by atoms with Crippen LogP contribution in [0.4, 0.5) is 0 Å². The average molecular weight is 701 g/mol. The molecule has 10 bridgehead atoms. The van der Waals surface area contributed by atoms with Crippen LogP contribution in [0, 0.1) is 13.8 Å². The van der Waals surface area contributed by atoms with E-state index in [1.807, 2.05) is 0 Å². The molecule has 0 unspecified atom stereocenters. The van der Waals surface area contributed by atoms with Crippen molar-refractivity contribution >= 4 is 33.1 Å². The summed E-state index contributed by atoms with van der Waals surface area (Å²) in [4.78, 5) is 16.5. The second kappa shape index (κ2) is 11.3. The maximum Gasteiger partial charge on any atom is 0.0972 e. The van der Waals surface area contributed by atoms with Crippen LogP contribution in [-0.2, 0) is 17.4 Å². The highest BCUT2D eigenvalue weighted by molar-refractivity contribution is 6.14. The second-order valence-electron chi connectivity index (χ2n) is 17.4. The van der Waals surface area contributed by atoms with E-state index in [0.29, 0.717) is 0 Å². The van der Waals surface area contributed by atoms with E-state index in [1.54, 1.807) is 0 Å². The number of aryl methyl sites for hydroxylation is 1. The fraction of sp³-hybridized carbons (Fsp3) is 0.220. The van der Waals surface area contributed by atoms with Crippen molar-refractivity contribution in [1.82, 2.24) is 14.5 Å². The van der Waals surface area contributed by atoms with Crippen LogP contribution in [0.25, 0.3) is 61.2 Å². The lowest BCUT2D eigenvalue weighted by Crippen LogP contribution is -2.14. The standard InChI is InChI=1S/C50H44N4/c1-28-11-9-10-12-34(28)46-43-20-19-40(51-43)35-23-32(49(3,4)5)24-36(29(35)2)41-17-15-30-13-14-31-16-18-42(53-48(31)47(30)52-41)37-25-33(50(6,7)8)26-38-39(37)27-54-44(38)21-22-45(46)54/h9-26H,27H2,1-8H3. The zero-order valence-corrected chi connectivity index (χ0v) is 32.4. The minimum atomic E-state index is -0.0775. The van der Waals surface area contributed by atoms with Gasteiger partial charge in [-0.05, 0) is 119 Å². The number of pyridine rings is 2. The number of rotatable bonds is 1. The zero-order chi connectivity index (χ0) is 37.3. The van der Waals surface area contributed by atoms with E-state index in [1.165, 1.54) is 55.9 Å². The van der Waals surface area contributed by atoms with E-state index in [2.05, 4.69) is 169 Å². The van der Waals surface area contributed by atoms with Gasteiger partial charge in [-0.3, -0.25) is 0 Å². The Morgan fingerprint density at radius 2 is 1.13 bits per heavy atom.